The molecule has 1 radical (unpaired) electrons. The highest BCUT2D eigenvalue weighted by Gasteiger charge is 2.34. The van der Waals surface area contributed by atoms with E-state index in [2.05, 4.69) is 5.32 Å². The van der Waals surface area contributed by atoms with Gasteiger partial charge < -0.3 is 5.32 Å². The Morgan fingerprint density at radius 2 is 2.56 bits per heavy atom. The fraction of sp³-hybridized carbons (Fsp3) is 0.500. The Morgan fingerprint density at radius 3 is 2.78 bits per heavy atom. The molecule has 1 saturated heterocycles. The first-order valence-electron chi connectivity index (χ1n) is 2.47. The SMILES string of the molecule is O=C1N[CH]CC1[N+](=O)[O-]. The second kappa shape index (κ2) is 2.00. The van der Waals surface area contributed by atoms with Crippen LogP contribution in [0.3, 0.4) is 0 Å². The molecular weight excluding hydrogens is 124 g/mol. The van der Waals surface area contributed by atoms with Gasteiger partial charge in [0, 0.05) is 11.3 Å². The van der Waals surface area contributed by atoms with Crippen LogP contribution in [0.1, 0.15) is 6.42 Å². The number of hydrogen-bond acceptors (Lipinski definition) is 3. The second-order valence-corrected chi connectivity index (χ2v) is 1.75. The van der Waals surface area contributed by atoms with Gasteiger partial charge in [-0.1, -0.05) is 0 Å². The summed E-state index contributed by atoms with van der Waals surface area (Å²) >= 11 is 0. The van der Waals surface area contributed by atoms with Crippen LogP contribution >= 0.6 is 0 Å². The highest BCUT2D eigenvalue weighted by atomic mass is 16.6. The van der Waals surface area contributed by atoms with Crippen molar-refractivity contribution in [1.82, 2.24) is 5.32 Å². The number of nitrogens with one attached hydrogen (secondary N) is 1. The molecule has 0 spiro atoms. The molecule has 0 aliphatic carbocycles. The molecular formula is C4H5N2O3. The number of carbonyl (C=O) groups is 1. The Kier molecular flexibility index (Phi) is 1.33. The second-order valence-electron chi connectivity index (χ2n) is 1.75. The normalized spacial score (nSPS) is 25.8. The van der Waals surface area contributed by atoms with Crippen LogP contribution in [0.2, 0.25) is 0 Å². The number of hydrogen-bond donors (Lipinski definition) is 1. The van der Waals surface area contributed by atoms with Crippen LogP contribution in [-0.4, -0.2) is 16.9 Å². The predicted molar refractivity (Wildman–Crippen MR) is 27.8 cm³/mol. The summed E-state index contributed by atoms with van der Waals surface area (Å²) in [7, 11) is 0. The molecule has 0 aromatic rings. The lowest BCUT2D eigenvalue weighted by molar-refractivity contribution is -0.505. The van der Waals surface area contributed by atoms with E-state index in [0.29, 0.717) is 0 Å². The van der Waals surface area contributed by atoms with Gasteiger partial charge in [0.15, 0.2) is 0 Å². The number of amides is 1. The van der Waals surface area contributed by atoms with Gasteiger partial charge >= 0.3 is 0 Å². The van der Waals surface area contributed by atoms with Gasteiger partial charge in [-0.2, -0.15) is 0 Å². The quantitative estimate of drug-likeness (QED) is 0.376. The lowest BCUT2D eigenvalue weighted by atomic mass is 10.3. The minimum atomic E-state index is -1.05. The third-order valence-electron chi connectivity index (χ3n) is 1.14. The van der Waals surface area contributed by atoms with Crippen molar-refractivity contribution in [2.24, 2.45) is 0 Å². The zero-order chi connectivity index (χ0) is 6.85. The van der Waals surface area contributed by atoms with Gasteiger partial charge in [-0.3, -0.25) is 14.9 Å². The lowest BCUT2D eigenvalue weighted by Gasteiger charge is -1.93. The molecule has 0 aromatic carbocycles. The summed E-state index contributed by atoms with van der Waals surface area (Å²) in [6.45, 7) is 1.40. The van der Waals surface area contributed by atoms with Crippen LogP contribution in [-0.2, 0) is 4.79 Å². The molecule has 1 rings (SSSR count). The molecule has 0 saturated carbocycles. The average molecular weight is 129 g/mol. The molecule has 0 aromatic heterocycles. The number of nitro groups is 1. The molecule has 1 N–H and O–H groups in total. The van der Waals surface area contributed by atoms with E-state index in [9.17, 15) is 14.9 Å². The van der Waals surface area contributed by atoms with Crippen molar-refractivity contribution < 1.29 is 9.72 Å². The van der Waals surface area contributed by atoms with Crippen LogP contribution in [0.5, 0.6) is 0 Å². The van der Waals surface area contributed by atoms with E-state index in [4.69, 9.17) is 0 Å². The Labute approximate surface area is 51.2 Å². The number of nitrogens with zero attached hydrogens (tertiary/aromatic N) is 1. The molecule has 1 aliphatic rings. The molecule has 1 heterocycles. The maximum absolute atomic E-state index is 10.4. The first kappa shape index (κ1) is 6.00. The van der Waals surface area contributed by atoms with Gasteiger partial charge in [0.2, 0.25) is 0 Å². The van der Waals surface area contributed by atoms with Crippen LogP contribution < -0.4 is 5.32 Å². The van der Waals surface area contributed by atoms with E-state index in [-0.39, 0.29) is 6.42 Å². The fourth-order valence-electron chi connectivity index (χ4n) is 0.656. The standard InChI is InChI=1S/C4H5N2O3/c7-4-3(6(8)9)1-2-5-4/h2-3H,1H2,(H,5,7). The van der Waals surface area contributed by atoms with Crippen LogP contribution in [0, 0.1) is 16.7 Å². The monoisotopic (exact) mass is 129 g/mol. The van der Waals surface area contributed by atoms with Gasteiger partial charge in [0.25, 0.3) is 11.9 Å². The smallest absolute Gasteiger partial charge is 0.295 e. The van der Waals surface area contributed by atoms with Crippen molar-refractivity contribution in [2.45, 2.75) is 12.5 Å². The third kappa shape index (κ3) is 0.984. The van der Waals surface area contributed by atoms with Crippen molar-refractivity contribution >= 4 is 5.91 Å². The largest absolute Gasteiger partial charge is 0.345 e. The maximum Gasteiger partial charge on any atom is 0.295 e. The average Bonchev–Trinajstić information content (AvgIpc) is 2.13. The zero-order valence-electron chi connectivity index (χ0n) is 4.53. The van der Waals surface area contributed by atoms with Crippen molar-refractivity contribution in [1.29, 1.82) is 0 Å². The molecule has 5 heteroatoms. The molecule has 1 aliphatic heterocycles. The molecule has 49 valence electrons. The summed E-state index contributed by atoms with van der Waals surface area (Å²) in [6, 6.07) is -1.05. The summed E-state index contributed by atoms with van der Waals surface area (Å²) in [4.78, 5) is 19.8. The Balaban J connectivity index is 2.60. The molecule has 1 fully saturated rings. The topological polar surface area (TPSA) is 72.2 Å². The van der Waals surface area contributed by atoms with Crippen molar-refractivity contribution in [3.63, 3.8) is 0 Å². The third-order valence-corrected chi connectivity index (χ3v) is 1.14. The molecule has 5 nitrogen and oxygen atoms in total. The highest BCUT2D eigenvalue weighted by Crippen LogP contribution is 2.05. The van der Waals surface area contributed by atoms with Crippen molar-refractivity contribution in [3.8, 4) is 0 Å². The molecule has 1 amide bonds. The Morgan fingerprint density at radius 1 is 1.89 bits per heavy atom. The summed E-state index contributed by atoms with van der Waals surface area (Å²) in [5.41, 5.74) is 0. The zero-order valence-corrected chi connectivity index (χ0v) is 4.53. The van der Waals surface area contributed by atoms with Gasteiger partial charge in [0.05, 0.1) is 6.54 Å². The Hall–Kier alpha value is -1.13. The van der Waals surface area contributed by atoms with Crippen molar-refractivity contribution in [3.05, 3.63) is 16.7 Å². The van der Waals surface area contributed by atoms with Crippen LogP contribution in [0.15, 0.2) is 0 Å². The molecule has 0 bridgehead atoms. The summed E-state index contributed by atoms with van der Waals surface area (Å²) < 4.78 is 0. The summed E-state index contributed by atoms with van der Waals surface area (Å²) in [5, 5.41) is 12.2. The minimum absolute atomic E-state index is 0.200. The fourth-order valence-corrected chi connectivity index (χ4v) is 0.656. The molecule has 1 unspecified atom stereocenters. The van der Waals surface area contributed by atoms with Gasteiger partial charge in [0.1, 0.15) is 0 Å². The molecule has 1 atom stereocenters. The van der Waals surface area contributed by atoms with E-state index in [1.54, 1.807) is 0 Å². The first-order chi connectivity index (χ1) is 4.22. The van der Waals surface area contributed by atoms with Crippen LogP contribution in [0.4, 0.5) is 0 Å². The van der Waals surface area contributed by atoms with Gasteiger partial charge in [-0.15, -0.1) is 0 Å². The van der Waals surface area contributed by atoms with E-state index < -0.39 is 16.9 Å². The maximum atomic E-state index is 10.4. The summed E-state index contributed by atoms with van der Waals surface area (Å²) in [5.74, 6) is -0.514. The van der Waals surface area contributed by atoms with Gasteiger partial charge in [-0.25, -0.2) is 0 Å². The van der Waals surface area contributed by atoms with E-state index in [0.717, 1.165) is 0 Å². The van der Waals surface area contributed by atoms with Crippen LogP contribution in [0.25, 0.3) is 0 Å². The van der Waals surface area contributed by atoms with E-state index in [1.165, 1.54) is 6.54 Å². The summed E-state index contributed by atoms with van der Waals surface area (Å²) in [6.07, 6.45) is 0.200. The van der Waals surface area contributed by atoms with E-state index in [1.807, 2.05) is 0 Å². The molecule has 9 heavy (non-hydrogen) atoms. The minimum Gasteiger partial charge on any atom is -0.345 e. The van der Waals surface area contributed by atoms with E-state index >= 15 is 0 Å². The highest BCUT2D eigenvalue weighted by molar-refractivity contribution is 5.83. The van der Waals surface area contributed by atoms with Gasteiger partial charge in [-0.05, 0) is 0 Å². The predicted octanol–water partition coefficient (Wildman–Crippen LogP) is -0.687. The first-order valence-corrected chi connectivity index (χ1v) is 2.47. The number of carbonyl (C=O) groups excluding carboxylic acids is 1. The Bertz CT molecular complexity index is 156. The number of rotatable bonds is 1. The lowest BCUT2D eigenvalue weighted by Crippen LogP contribution is -2.28. The van der Waals surface area contributed by atoms with Crippen molar-refractivity contribution in [2.75, 3.05) is 0 Å².